The van der Waals surface area contributed by atoms with Crippen molar-refractivity contribution in [3.05, 3.63) is 59.8 Å². The highest BCUT2D eigenvalue weighted by atomic mass is 16.5. The Hall–Kier alpha value is -2.40. The molecule has 0 bridgehead atoms. The number of pyridine rings is 1. The normalized spacial score (nSPS) is 17.9. The number of morpholine rings is 1. The summed E-state index contributed by atoms with van der Waals surface area (Å²) in [5.41, 5.74) is 7.54. The van der Waals surface area contributed by atoms with Crippen molar-refractivity contribution in [2.45, 2.75) is 18.9 Å². The summed E-state index contributed by atoms with van der Waals surface area (Å²) in [7, 11) is 0. The summed E-state index contributed by atoms with van der Waals surface area (Å²) < 4.78 is 5.81. The van der Waals surface area contributed by atoms with Crippen LogP contribution in [0.4, 0.5) is 5.82 Å². The topological polar surface area (TPSA) is 68.5 Å². The SMILES string of the molecule is Nc1cc(C(=O)N2CCOC(CCc3ccccc3)C2)ccn1. The number of aryl methyl sites for hydroxylation is 1. The van der Waals surface area contributed by atoms with E-state index in [0.29, 0.717) is 31.1 Å². The quantitative estimate of drug-likeness (QED) is 0.939. The summed E-state index contributed by atoms with van der Waals surface area (Å²) in [5.74, 6) is 0.358. The minimum Gasteiger partial charge on any atom is -0.384 e. The molecular formula is C18H21N3O2. The number of anilines is 1. The first kappa shape index (κ1) is 15.5. The fraction of sp³-hybridized carbons (Fsp3) is 0.333. The van der Waals surface area contributed by atoms with Gasteiger partial charge in [0, 0.05) is 24.8 Å². The van der Waals surface area contributed by atoms with E-state index in [1.54, 1.807) is 18.3 Å². The van der Waals surface area contributed by atoms with Crippen molar-refractivity contribution in [3.8, 4) is 0 Å². The van der Waals surface area contributed by atoms with Gasteiger partial charge in [-0.3, -0.25) is 4.79 Å². The molecule has 0 spiro atoms. The second kappa shape index (κ2) is 7.24. The maximum absolute atomic E-state index is 12.6. The van der Waals surface area contributed by atoms with Crippen LogP contribution in [0.2, 0.25) is 0 Å². The Bertz CT molecular complexity index is 660. The van der Waals surface area contributed by atoms with Crippen LogP contribution in [0.3, 0.4) is 0 Å². The molecule has 2 aromatic rings. The van der Waals surface area contributed by atoms with Gasteiger partial charge in [0.1, 0.15) is 5.82 Å². The van der Waals surface area contributed by atoms with Gasteiger partial charge in [-0.2, -0.15) is 0 Å². The lowest BCUT2D eigenvalue weighted by molar-refractivity contribution is -0.0246. The maximum atomic E-state index is 12.6. The number of nitrogens with two attached hydrogens (primary N) is 1. The van der Waals surface area contributed by atoms with Gasteiger partial charge >= 0.3 is 0 Å². The zero-order valence-corrected chi connectivity index (χ0v) is 13.0. The van der Waals surface area contributed by atoms with Gasteiger partial charge < -0.3 is 15.4 Å². The zero-order valence-electron chi connectivity index (χ0n) is 13.0. The van der Waals surface area contributed by atoms with Crippen LogP contribution in [0.15, 0.2) is 48.7 Å². The molecule has 2 heterocycles. The molecule has 5 nitrogen and oxygen atoms in total. The van der Waals surface area contributed by atoms with E-state index in [9.17, 15) is 4.79 Å². The van der Waals surface area contributed by atoms with Crippen LogP contribution in [-0.2, 0) is 11.2 Å². The molecule has 1 amide bonds. The number of carbonyl (C=O) groups excluding carboxylic acids is 1. The molecule has 1 unspecified atom stereocenters. The molecule has 1 aromatic carbocycles. The largest absolute Gasteiger partial charge is 0.384 e. The summed E-state index contributed by atoms with van der Waals surface area (Å²) in [6.45, 7) is 1.81. The number of benzene rings is 1. The first-order valence-corrected chi connectivity index (χ1v) is 7.89. The van der Waals surface area contributed by atoms with E-state index in [1.807, 2.05) is 23.1 Å². The molecule has 1 aromatic heterocycles. The van der Waals surface area contributed by atoms with E-state index >= 15 is 0 Å². The number of nitrogens with zero attached hydrogens (tertiary/aromatic N) is 2. The van der Waals surface area contributed by atoms with Gasteiger partial charge in [0.15, 0.2) is 0 Å². The van der Waals surface area contributed by atoms with Crippen molar-refractivity contribution < 1.29 is 9.53 Å². The third-order valence-electron chi connectivity index (χ3n) is 4.05. The van der Waals surface area contributed by atoms with Gasteiger partial charge in [-0.1, -0.05) is 30.3 Å². The standard InChI is InChI=1S/C18H21N3O2/c19-17-12-15(8-9-20-17)18(22)21-10-11-23-16(13-21)7-6-14-4-2-1-3-5-14/h1-5,8-9,12,16H,6-7,10-11,13H2,(H2,19,20). The lowest BCUT2D eigenvalue weighted by Crippen LogP contribution is -2.45. The van der Waals surface area contributed by atoms with Crippen LogP contribution in [-0.4, -0.2) is 41.6 Å². The van der Waals surface area contributed by atoms with Crippen molar-refractivity contribution >= 4 is 11.7 Å². The molecule has 1 saturated heterocycles. The molecule has 0 aliphatic carbocycles. The summed E-state index contributed by atoms with van der Waals surface area (Å²) in [5, 5.41) is 0. The van der Waals surface area contributed by atoms with Crippen molar-refractivity contribution in [2.75, 3.05) is 25.4 Å². The third-order valence-corrected chi connectivity index (χ3v) is 4.05. The second-order valence-electron chi connectivity index (χ2n) is 5.74. The van der Waals surface area contributed by atoms with Crippen LogP contribution in [0.25, 0.3) is 0 Å². The molecule has 1 aliphatic rings. The molecule has 0 radical (unpaired) electrons. The number of amides is 1. The van der Waals surface area contributed by atoms with Crippen molar-refractivity contribution in [1.82, 2.24) is 9.88 Å². The van der Waals surface area contributed by atoms with E-state index < -0.39 is 0 Å². The van der Waals surface area contributed by atoms with Crippen molar-refractivity contribution in [2.24, 2.45) is 0 Å². The fourth-order valence-electron chi connectivity index (χ4n) is 2.81. The van der Waals surface area contributed by atoms with Crippen LogP contribution in [0.1, 0.15) is 22.3 Å². The second-order valence-corrected chi connectivity index (χ2v) is 5.74. The van der Waals surface area contributed by atoms with E-state index in [1.165, 1.54) is 5.56 Å². The number of rotatable bonds is 4. The fourth-order valence-corrected chi connectivity index (χ4v) is 2.81. The molecule has 3 rings (SSSR count). The highest BCUT2D eigenvalue weighted by Crippen LogP contribution is 2.15. The number of hydrogen-bond donors (Lipinski definition) is 1. The monoisotopic (exact) mass is 311 g/mol. The summed E-state index contributed by atoms with van der Waals surface area (Å²) >= 11 is 0. The first-order valence-electron chi connectivity index (χ1n) is 7.89. The molecule has 0 saturated carbocycles. The predicted molar refractivity (Wildman–Crippen MR) is 89.1 cm³/mol. The Balaban J connectivity index is 1.58. The van der Waals surface area contributed by atoms with E-state index in [0.717, 1.165) is 12.8 Å². The number of nitrogen functional groups attached to an aromatic ring is 1. The van der Waals surface area contributed by atoms with Gasteiger partial charge in [-0.15, -0.1) is 0 Å². The average Bonchev–Trinajstić information content (AvgIpc) is 2.60. The highest BCUT2D eigenvalue weighted by Gasteiger charge is 2.25. The number of carbonyl (C=O) groups is 1. The lowest BCUT2D eigenvalue weighted by atomic mass is 10.1. The molecule has 1 aliphatic heterocycles. The van der Waals surface area contributed by atoms with E-state index in [2.05, 4.69) is 17.1 Å². The van der Waals surface area contributed by atoms with Gasteiger partial charge in [0.25, 0.3) is 5.91 Å². The Labute approximate surface area is 136 Å². The van der Waals surface area contributed by atoms with Gasteiger partial charge in [0.2, 0.25) is 0 Å². The number of aromatic nitrogens is 1. The van der Waals surface area contributed by atoms with Crippen LogP contribution >= 0.6 is 0 Å². The van der Waals surface area contributed by atoms with Crippen molar-refractivity contribution in [3.63, 3.8) is 0 Å². The molecular weight excluding hydrogens is 290 g/mol. The van der Waals surface area contributed by atoms with Gasteiger partial charge in [-0.05, 0) is 30.5 Å². The van der Waals surface area contributed by atoms with Gasteiger partial charge in [0.05, 0.1) is 12.7 Å². The van der Waals surface area contributed by atoms with Crippen LogP contribution in [0, 0.1) is 0 Å². The molecule has 1 fully saturated rings. The van der Waals surface area contributed by atoms with Crippen LogP contribution in [0.5, 0.6) is 0 Å². The summed E-state index contributed by atoms with van der Waals surface area (Å²) in [6, 6.07) is 13.7. The Kier molecular flexibility index (Phi) is 4.88. The van der Waals surface area contributed by atoms with Crippen molar-refractivity contribution in [1.29, 1.82) is 0 Å². The van der Waals surface area contributed by atoms with Gasteiger partial charge in [-0.25, -0.2) is 4.98 Å². The Morgan fingerprint density at radius 3 is 2.91 bits per heavy atom. The van der Waals surface area contributed by atoms with E-state index in [4.69, 9.17) is 10.5 Å². The molecule has 120 valence electrons. The minimum absolute atomic E-state index is 0.00730. The van der Waals surface area contributed by atoms with Crippen LogP contribution < -0.4 is 5.73 Å². The first-order chi connectivity index (χ1) is 11.2. The Morgan fingerprint density at radius 1 is 1.30 bits per heavy atom. The Morgan fingerprint density at radius 2 is 2.13 bits per heavy atom. The average molecular weight is 311 g/mol. The third kappa shape index (κ3) is 4.07. The molecule has 2 N–H and O–H groups in total. The smallest absolute Gasteiger partial charge is 0.254 e. The summed E-state index contributed by atoms with van der Waals surface area (Å²) in [6.07, 6.45) is 3.50. The predicted octanol–water partition coefficient (Wildman–Crippen LogP) is 2.14. The molecule has 5 heteroatoms. The zero-order chi connectivity index (χ0) is 16.1. The highest BCUT2D eigenvalue weighted by molar-refractivity contribution is 5.94. The molecule has 23 heavy (non-hydrogen) atoms. The number of hydrogen-bond acceptors (Lipinski definition) is 4. The molecule has 1 atom stereocenters. The van der Waals surface area contributed by atoms with E-state index in [-0.39, 0.29) is 12.0 Å². The lowest BCUT2D eigenvalue weighted by Gasteiger charge is -2.33. The number of ether oxygens (including phenoxy) is 1. The minimum atomic E-state index is -0.00730. The maximum Gasteiger partial charge on any atom is 0.254 e. The summed E-state index contributed by atoms with van der Waals surface area (Å²) in [4.78, 5) is 18.3.